The maximum atomic E-state index is 12.5. The van der Waals surface area contributed by atoms with Crippen molar-refractivity contribution in [1.29, 1.82) is 0 Å². The van der Waals surface area contributed by atoms with Gasteiger partial charge in [-0.05, 0) is 32.9 Å². The van der Waals surface area contributed by atoms with Gasteiger partial charge < -0.3 is 20.4 Å². The van der Waals surface area contributed by atoms with Crippen molar-refractivity contribution < 1.29 is 19.2 Å². The van der Waals surface area contributed by atoms with Crippen molar-refractivity contribution in [2.24, 2.45) is 0 Å². The molecular weight excluding hydrogens is 360 g/mol. The molecule has 0 radical (unpaired) electrons. The molecule has 1 heterocycles. The Kier molecular flexibility index (Phi) is 7.54. The van der Waals surface area contributed by atoms with Gasteiger partial charge in [0, 0.05) is 50.2 Å². The number of nitrogens with zero attached hydrogens (tertiary/aromatic N) is 2. The molecule has 1 aromatic carbocycles. The van der Waals surface area contributed by atoms with Gasteiger partial charge in [-0.25, -0.2) is 0 Å². The number of benzene rings is 1. The molecule has 0 aliphatic carbocycles. The zero-order valence-electron chi connectivity index (χ0n) is 16.6. The molecule has 2 rings (SSSR count). The minimum Gasteiger partial charge on any atom is -0.349 e. The molecule has 1 fully saturated rings. The molecule has 0 spiro atoms. The average molecular weight is 388 g/mol. The number of nitrogens with one attached hydrogen (secondary N) is 2. The zero-order valence-corrected chi connectivity index (χ0v) is 16.6. The fourth-order valence-corrected chi connectivity index (χ4v) is 2.97. The van der Waals surface area contributed by atoms with Crippen LogP contribution in [0.25, 0.3) is 0 Å². The number of piperazine rings is 1. The van der Waals surface area contributed by atoms with E-state index in [-0.39, 0.29) is 30.3 Å². The van der Waals surface area contributed by atoms with Crippen molar-refractivity contribution in [1.82, 2.24) is 20.4 Å². The van der Waals surface area contributed by atoms with Gasteiger partial charge in [-0.2, -0.15) is 0 Å². The van der Waals surface area contributed by atoms with E-state index in [2.05, 4.69) is 10.6 Å². The number of hydrogen-bond acceptors (Lipinski definition) is 4. The normalized spacial score (nSPS) is 15.1. The molecule has 2 N–H and O–H groups in total. The fraction of sp³-hybridized carbons (Fsp3) is 0.500. The lowest BCUT2D eigenvalue weighted by molar-refractivity contribution is -0.148. The van der Waals surface area contributed by atoms with Gasteiger partial charge >= 0.3 is 11.8 Å². The van der Waals surface area contributed by atoms with E-state index in [0.29, 0.717) is 31.7 Å². The summed E-state index contributed by atoms with van der Waals surface area (Å²) < 4.78 is 0. The van der Waals surface area contributed by atoms with E-state index in [1.807, 2.05) is 6.07 Å². The van der Waals surface area contributed by atoms with E-state index in [0.717, 1.165) is 0 Å². The number of amides is 4. The Morgan fingerprint density at radius 2 is 1.46 bits per heavy atom. The highest BCUT2D eigenvalue weighted by Gasteiger charge is 2.28. The van der Waals surface area contributed by atoms with E-state index in [1.54, 1.807) is 49.9 Å². The van der Waals surface area contributed by atoms with E-state index in [1.165, 1.54) is 4.90 Å². The number of hydrogen-bond donors (Lipinski definition) is 2. The lowest BCUT2D eigenvalue weighted by Gasteiger charge is -2.35. The lowest BCUT2D eigenvalue weighted by atomic mass is 10.1. The average Bonchev–Trinajstić information content (AvgIpc) is 2.67. The smallest absolute Gasteiger partial charge is 0.312 e. The second-order valence-corrected chi connectivity index (χ2v) is 7.25. The Morgan fingerprint density at radius 3 is 2.04 bits per heavy atom. The molecule has 1 aliphatic heterocycles. The van der Waals surface area contributed by atoms with Gasteiger partial charge in [0.15, 0.2) is 0 Å². The predicted octanol–water partition coefficient (Wildman–Crippen LogP) is 0.390. The minimum absolute atomic E-state index is 0.0837. The van der Waals surface area contributed by atoms with Crippen molar-refractivity contribution in [3.63, 3.8) is 0 Å². The summed E-state index contributed by atoms with van der Waals surface area (Å²) in [4.78, 5) is 51.7. The van der Waals surface area contributed by atoms with Crippen LogP contribution in [0.5, 0.6) is 0 Å². The van der Waals surface area contributed by atoms with Crippen LogP contribution in [0.4, 0.5) is 0 Å². The monoisotopic (exact) mass is 388 g/mol. The Bertz CT molecular complexity index is 712. The van der Waals surface area contributed by atoms with Crippen LogP contribution in [0.15, 0.2) is 30.3 Å². The van der Waals surface area contributed by atoms with Gasteiger partial charge in [-0.3, -0.25) is 19.2 Å². The molecule has 8 nitrogen and oxygen atoms in total. The largest absolute Gasteiger partial charge is 0.349 e. The number of rotatable bonds is 5. The highest BCUT2D eigenvalue weighted by atomic mass is 16.2. The third-order valence-corrected chi connectivity index (χ3v) is 4.43. The first kappa shape index (κ1) is 21.4. The van der Waals surface area contributed by atoms with Gasteiger partial charge in [0.1, 0.15) is 0 Å². The molecule has 1 aromatic rings. The second kappa shape index (κ2) is 9.87. The zero-order chi connectivity index (χ0) is 20.7. The molecule has 28 heavy (non-hydrogen) atoms. The predicted molar refractivity (Wildman–Crippen MR) is 104 cm³/mol. The molecule has 0 saturated carbocycles. The summed E-state index contributed by atoms with van der Waals surface area (Å²) in [6.45, 7) is 6.76. The first-order valence-corrected chi connectivity index (χ1v) is 9.51. The highest BCUT2D eigenvalue weighted by Crippen LogP contribution is 2.07. The summed E-state index contributed by atoms with van der Waals surface area (Å²) in [5, 5.41) is 5.40. The van der Waals surface area contributed by atoms with E-state index < -0.39 is 11.8 Å². The standard InChI is InChI=1S/C20H28N4O4/c1-14(2)21-19(27)20(28)24-11-9-23(10-12-24)17(25)13-15(3)22-18(26)16-7-5-4-6-8-16/h4-8,14-15H,9-13H2,1-3H3,(H,21,27)(H,22,26)/t15-/m0/s1. The first-order chi connectivity index (χ1) is 13.3. The van der Waals surface area contributed by atoms with Gasteiger partial charge in [0.05, 0.1) is 0 Å². The molecule has 152 valence electrons. The van der Waals surface area contributed by atoms with Crippen LogP contribution >= 0.6 is 0 Å². The van der Waals surface area contributed by atoms with Crippen LogP contribution < -0.4 is 10.6 Å². The summed E-state index contributed by atoms with van der Waals surface area (Å²) in [5.74, 6) is -1.48. The Labute approximate surface area is 165 Å². The van der Waals surface area contributed by atoms with Crippen molar-refractivity contribution in [2.75, 3.05) is 26.2 Å². The van der Waals surface area contributed by atoms with Crippen LogP contribution in [0.2, 0.25) is 0 Å². The SMILES string of the molecule is CC(C)NC(=O)C(=O)N1CCN(C(=O)C[C@H](C)NC(=O)c2ccccc2)CC1. The van der Waals surface area contributed by atoms with Crippen LogP contribution in [-0.2, 0) is 14.4 Å². The Morgan fingerprint density at radius 1 is 0.893 bits per heavy atom. The Hall–Kier alpha value is -2.90. The highest BCUT2D eigenvalue weighted by molar-refractivity contribution is 6.35. The maximum absolute atomic E-state index is 12.5. The maximum Gasteiger partial charge on any atom is 0.312 e. The van der Waals surface area contributed by atoms with E-state index in [4.69, 9.17) is 0 Å². The van der Waals surface area contributed by atoms with Crippen LogP contribution in [0, 0.1) is 0 Å². The van der Waals surface area contributed by atoms with Crippen molar-refractivity contribution >= 4 is 23.6 Å². The molecule has 0 unspecified atom stereocenters. The molecule has 4 amide bonds. The summed E-state index contributed by atoms with van der Waals surface area (Å²) in [5.41, 5.74) is 0.550. The minimum atomic E-state index is -0.618. The van der Waals surface area contributed by atoms with Crippen LogP contribution in [0.3, 0.4) is 0 Å². The molecule has 1 atom stereocenters. The molecule has 8 heteroatoms. The van der Waals surface area contributed by atoms with Crippen LogP contribution in [0.1, 0.15) is 37.6 Å². The summed E-state index contributed by atoms with van der Waals surface area (Å²) in [6.07, 6.45) is 0.181. The quantitative estimate of drug-likeness (QED) is 0.713. The lowest BCUT2D eigenvalue weighted by Crippen LogP contribution is -2.54. The second-order valence-electron chi connectivity index (χ2n) is 7.25. The molecule has 1 saturated heterocycles. The topological polar surface area (TPSA) is 98.8 Å². The molecule has 0 bridgehead atoms. The van der Waals surface area contributed by atoms with Crippen molar-refractivity contribution in [2.45, 2.75) is 39.3 Å². The van der Waals surface area contributed by atoms with Gasteiger partial charge in [0.2, 0.25) is 5.91 Å². The number of carbonyl (C=O) groups excluding carboxylic acids is 4. The summed E-state index contributed by atoms with van der Waals surface area (Å²) in [6, 6.07) is 8.43. The first-order valence-electron chi connectivity index (χ1n) is 9.51. The molecule has 0 aromatic heterocycles. The molecule has 1 aliphatic rings. The fourth-order valence-electron chi connectivity index (χ4n) is 2.97. The third kappa shape index (κ3) is 6.07. The van der Waals surface area contributed by atoms with Crippen LogP contribution in [-0.4, -0.2) is 71.7 Å². The van der Waals surface area contributed by atoms with E-state index in [9.17, 15) is 19.2 Å². The van der Waals surface area contributed by atoms with Crippen molar-refractivity contribution in [3.8, 4) is 0 Å². The Balaban J connectivity index is 1.77. The third-order valence-electron chi connectivity index (χ3n) is 4.43. The van der Waals surface area contributed by atoms with E-state index >= 15 is 0 Å². The van der Waals surface area contributed by atoms with Crippen molar-refractivity contribution in [3.05, 3.63) is 35.9 Å². The summed E-state index contributed by atoms with van der Waals surface area (Å²) in [7, 11) is 0. The van der Waals surface area contributed by atoms with Gasteiger partial charge in [0.25, 0.3) is 5.91 Å². The van der Waals surface area contributed by atoms with Gasteiger partial charge in [-0.1, -0.05) is 18.2 Å². The van der Waals surface area contributed by atoms with Gasteiger partial charge in [-0.15, -0.1) is 0 Å². The summed E-state index contributed by atoms with van der Waals surface area (Å²) >= 11 is 0. The number of carbonyl (C=O) groups is 4. The molecular formula is C20H28N4O4.